The van der Waals surface area contributed by atoms with E-state index in [4.69, 9.17) is 30.3 Å². The van der Waals surface area contributed by atoms with Crippen LogP contribution in [0.25, 0.3) is 11.1 Å². The van der Waals surface area contributed by atoms with Crippen molar-refractivity contribution in [2.45, 2.75) is 45.3 Å². The van der Waals surface area contributed by atoms with Crippen molar-refractivity contribution >= 4 is 40.4 Å². The Morgan fingerprint density at radius 3 is 2.77 bits per heavy atom. The molecule has 2 atom stereocenters. The van der Waals surface area contributed by atoms with E-state index < -0.39 is 12.0 Å². The van der Waals surface area contributed by atoms with Crippen molar-refractivity contribution in [3.8, 4) is 0 Å². The predicted octanol–water partition coefficient (Wildman–Crippen LogP) is 4.04. The molecular formula is C20H26ClN3O6. The third-order valence-corrected chi connectivity index (χ3v) is 5.31. The Balaban J connectivity index is 2.19. The third-order valence-electron chi connectivity index (χ3n) is 5.10. The topological polar surface area (TPSA) is 94.3 Å². The monoisotopic (exact) mass is 439 g/mol. The van der Waals surface area contributed by atoms with Gasteiger partial charge in [-0.25, -0.2) is 14.8 Å². The first-order valence-electron chi connectivity index (χ1n) is 9.89. The van der Waals surface area contributed by atoms with Gasteiger partial charge in [-0.3, -0.25) is 14.5 Å². The molecule has 0 aromatic carbocycles. The number of pyridine rings is 1. The second-order valence-electron chi connectivity index (χ2n) is 6.89. The molecule has 0 aliphatic carbocycles. The number of aromatic nitrogens is 1. The Morgan fingerprint density at radius 1 is 1.33 bits per heavy atom. The second-order valence-corrected chi connectivity index (χ2v) is 7.28. The number of carbonyl (C=O) groups is 2. The zero-order valence-corrected chi connectivity index (χ0v) is 18.3. The quantitative estimate of drug-likeness (QED) is 0.495. The van der Waals surface area contributed by atoms with Crippen molar-refractivity contribution in [2.24, 2.45) is 0 Å². The molecule has 2 aromatic heterocycles. The molecule has 0 saturated carbocycles. The number of ether oxygens (including phenoxy) is 2. The first-order valence-corrected chi connectivity index (χ1v) is 10.3. The van der Waals surface area contributed by atoms with Crippen LogP contribution in [0.5, 0.6) is 0 Å². The first-order chi connectivity index (χ1) is 14.4. The number of hydrogen-bond acceptors (Lipinski definition) is 7. The average Bonchev–Trinajstić information content (AvgIpc) is 3.11. The molecule has 1 fully saturated rings. The molecule has 9 nitrogen and oxygen atoms in total. The lowest BCUT2D eigenvalue weighted by atomic mass is 9.99. The van der Waals surface area contributed by atoms with Gasteiger partial charge in [-0.05, 0) is 38.3 Å². The summed E-state index contributed by atoms with van der Waals surface area (Å²) in [7, 11) is 2.82. The van der Waals surface area contributed by atoms with Gasteiger partial charge in [0.1, 0.15) is 16.4 Å². The van der Waals surface area contributed by atoms with Crippen molar-refractivity contribution in [1.29, 1.82) is 0 Å². The molecule has 3 rings (SSSR count). The molecule has 1 aliphatic rings. The molecule has 1 saturated heterocycles. The van der Waals surface area contributed by atoms with Gasteiger partial charge in [0.2, 0.25) is 5.76 Å². The molecule has 3 heterocycles. The van der Waals surface area contributed by atoms with Gasteiger partial charge in [-0.2, -0.15) is 0 Å². The van der Waals surface area contributed by atoms with E-state index in [2.05, 4.69) is 4.98 Å². The lowest BCUT2D eigenvalue weighted by Crippen LogP contribution is -2.47. The maximum Gasteiger partial charge on any atom is 0.414 e. The van der Waals surface area contributed by atoms with Crippen molar-refractivity contribution in [3.05, 3.63) is 23.0 Å². The van der Waals surface area contributed by atoms with Crippen LogP contribution in [0, 0.1) is 0 Å². The maximum atomic E-state index is 13.1. The van der Waals surface area contributed by atoms with Crippen LogP contribution in [0.15, 0.2) is 16.5 Å². The molecule has 0 radical (unpaired) electrons. The van der Waals surface area contributed by atoms with E-state index >= 15 is 0 Å². The second kappa shape index (κ2) is 9.63. The summed E-state index contributed by atoms with van der Waals surface area (Å²) in [4.78, 5) is 36.9. The van der Waals surface area contributed by atoms with Crippen molar-refractivity contribution in [1.82, 2.24) is 10.0 Å². The highest BCUT2D eigenvalue weighted by Gasteiger charge is 2.38. The summed E-state index contributed by atoms with van der Waals surface area (Å²) in [5, 5.41) is 1.23. The van der Waals surface area contributed by atoms with E-state index in [0.717, 1.165) is 11.5 Å². The zero-order valence-electron chi connectivity index (χ0n) is 17.5. The standard InChI is InChI=1S/C20H26ClN3O6/c1-5-13-11-12(9-10-29-13)24(20(26)28-6-2)17-16-14(7-8-15(21)22-16)30-18(17)19(25)23(3)27-4/h7-8,12-13H,5-6,9-11H2,1-4H3/t12-,13-/m0/s1. The van der Waals surface area contributed by atoms with Crippen molar-refractivity contribution in [3.63, 3.8) is 0 Å². The van der Waals surface area contributed by atoms with Gasteiger partial charge in [-0.15, -0.1) is 0 Å². The molecule has 0 bridgehead atoms. The van der Waals surface area contributed by atoms with Gasteiger partial charge in [0.25, 0.3) is 0 Å². The zero-order chi connectivity index (χ0) is 21.8. The summed E-state index contributed by atoms with van der Waals surface area (Å²) in [6.07, 6.45) is 1.39. The van der Waals surface area contributed by atoms with Crippen LogP contribution in [0.4, 0.5) is 10.5 Å². The van der Waals surface area contributed by atoms with Gasteiger partial charge in [-0.1, -0.05) is 18.5 Å². The third kappa shape index (κ3) is 4.38. The largest absolute Gasteiger partial charge is 0.449 e. The fraction of sp³-hybridized carbons (Fsp3) is 0.550. The van der Waals surface area contributed by atoms with Gasteiger partial charge >= 0.3 is 12.0 Å². The van der Waals surface area contributed by atoms with Gasteiger partial charge < -0.3 is 13.9 Å². The molecule has 0 unspecified atom stereocenters. The van der Waals surface area contributed by atoms with E-state index in [1.807, 2.05) is 6.92 Å². The molecule has 164 valence electrons. The van der Waals surface area contributed by atoms with E-state index in [1.165, 1.54) is 19.1 Å². The van der Waals surface area contributed by atoms with Crippen molar-refractivity contribution < 1.29 is 28.3 Å². The summed E-state index contributed by atoms with van der Waals surface area (Å²) in [5.41, 5.74) is 0.861. The van der Waals surface area contributed by atoms with Gasteiger partial charge in [0.05, 0.1) is 19.8 Å². The Hall–Kier alpha value is -2.36. The Kier molecular flexibility index (Phi) is 7.17. The fourth-order valence-electron chi connectivity index (χ4n) is 3.53. The van der Waals surface area contributed by atoms with Crippen LogP contribution in [0.1, 0.15) is 43.7 Å². The molecule has 2 amide bonds. The highest BCUT2D eigenvalue weighted by Crippen LogP contribution is 2.38. The van der Waals surface area contributed by atoms with Crippen LogP contribution in [-0.4, -0.2) is 61.6 Å². The van der Waals surface area contributed by atoms with Crippen LogP contribution in [-0.2, 0) is 14.3 Å². The predicted molar refractivity (Wildman–Crippen MR) is 111 cm³/mol. The number of anilines is 1. The normalized spacial score (nSPS) is 19.0. The smallest absolute Gasteiger partial charge is 0.414 e. The number of fused-ring (bicyclic) bond motifs is 1. The molecular weight excluding hydrogens is 414 g/mol. The minimum absolute atomic E-state index is 0.00353. The Bertz CT molecular complexity index is 917. The minimum atomic E-state index is -0.585. The highest BCUT2D eigenvalue weighted by molar-refractivity contribution is 6.30. The van der Waals surface area contributed by atoms with Crippen LogP contribution in [0.2, 0.25) is 5.15 Å². The molecule has 2 aromatic rings. The van der Waals surface area contributed by atoms with E-state index in [9.17, 15) is 9.59 Å². The van der Waals surface area contributed by atoms with Crippen LogP contribution >= 0.6 is 11.6 Å². The molecule has 10 heteroatoms. The average molecular weight is 440 g/mol. The van der Waals surface area contributed by atoms with Crippen molar-refractivity contribution in [2.75, 3.05) is 32.3 Å². The number of furan rings is 1. The number of halogens is 1. The van der Waals surface area contributed by atoms with Crippen LogP contribution < -0.4 is 4.90 Å². The van der Waals surface area contributed by atoms with E-state index in [-0.39, 0.29) is 35.4 Å². The minimum Gasteiger partial charge on any atom is -0.449 e. The number of nitrogens with zero attached hydrogens (tertiary/aromatic N) is 3. The maximum absolute atomic E-state index is 13.1. The molecule has 30 heavy (non-hydrogen) atoms. The van der Waals surface area contributed by atoms with Crippen LogP contribution in [0.3, 0.4) is 0 Å². The summed E-state index contributed by atoms with van der Waals surface area (Å²) < 4.78 is 16.9. The lowest BCUT2D eigenvalue weighted by Gasteiger charge is -2.36. The van der Waals surface area contributed by atoms with Gasteiger partial charge in [0, 0.05) is 19.7 Å². The number of hydrogen-bond donors (Lipinski definition) is 0. The summed E-state index contributed by atoms with van der Waals surface area (Å²) in [6, 6.07) is 2.91. The number of amides is 2. The highest BCUT2D eigenvalue weighted by atomic mass is 35.5. The summed E-state index contributed by atoms with van der Waals surface area (Å²) >= 11 is 6.12. The Morgan fingerprint density at radius 2 is 2.10 bits per heavy atom. The molecule has 0 N–H and O–H groups in total. The fourth-order valence-corrected chi connectivity index (χ4v) is 3.68. The Labute approximate surface area is 179 Å². The van der Waals surface area contributed by atoms with Gasteiger partial charge in [0.15, 0.2) is 5.58 Å². The van der Waals surface area contributed by atoms with E-state index in [1.54, 1.807) is 19.1 Å². The molecule has 1 aliphatic heterocycles. The molecule has 0 spiro atoms. The summed E-state index contributed by atoms with van der Waals surface area (Å²) in [5.74, 6) is -0.633. The lowest BCUT2D eigenvalue weighted by molar-refractivity contribution is -0.0772. The first kappa shape index (κ1) is 22.3. The number of carbonyl (C=O) groups excluding carboxylic acids is 2. The number of hydroxylamine groups is 2. The van der Waals surface area contributed by atoms with E-state index in [0.29, 0.717) is 30.5 Å². The number of rotatable bonds is 6. The SMILES string of the molecule is CCOC(=O)N(c1c(C(=O)N(C)OC)oc2ccc(Cl)nc12)[C@H]1CCO[C@@H](CC)C1. The summed E-state index contributed by atoms with van der Waals surface area (Å²) in [6.45, 7) is 4.42.